The first-order chi connectivity index (χ1) is 24.4. The monoisotopic (exact) mass is 710 g/mol. The van der Waals surface area contributed by atoms with Gasteiger partial charge in [-0.15, -0.1) is 0 Å². The summed E-state index contributed by atoms with van der Waals surface area (Å²) in [6.45, 7) is 10.1. The number of methoxy groups -OCH3 is 1. The predicted molar refractivity (Wildman–Crippen MR) is 191 cm³/mol. The van der Waals surface area contributed by atoms with Gasteiger partial charge in [0.05, 0.1) is 18.9 Å². The Kier molecular flexibility index (Phi) is 13.0. The zero-order valence-corrected chi connectivity index (χ0v) is 30.9. The number of hydrogen-bond donors (Lipinski definition) is 2. The minimum absolute atomic E-state index is 0.0114. The molecule has 3 aliphatic rings. The zero-order chi connectivity index (χ0) is 36.8. The second-order valence-corrected chi connectivity index (χ2v) is 14.6. The SMILES string of the molecule is CCn1nccc1C(=O)C[C@H](C(=O)Nc1ccc([C@H](C)[C@@H](NC(=O)[C@@H](C)OCCOC)C(=O)N2CCN(C)[C@H](C)C2)cc1F)C(C1CC1)C1CC1. The molecule has 3 amide bonds. The Bertz CT molecular complexity index is 1530. The number of nitrogens with one attached hydrogen (secondary N) is 2. The Hall–Kier alpha value is -3.68. The number of hydrogen-bond acceptors (Lipinski definition) is 8. The summed E-state index contributed by atoms with van der Waals surface area (Å²) in [5.74, 6) is -2.19. The lowest BCUT2D eigenvalue weighted by molar-refractivity contribution is -0.142. The zero-order valence-electron chi connectivity index (χ0n) is 30.9. The van der Waals surface area contributed by atoms with Crippen LogP contribution in [0.25, 0.3) is 0 Å². The molecule has 5 rings (SSSR count). The van der Waals surface area contributed by atoms with Gasteiger partial charge in [0.1, 0.15) is 23.7 Å². The van der Waals surface area contributed by atoms with Crippen LogP contribution in [0.3, 0.4) is 0 Å². The molecule has 51 heavy (non-hydrogen) atoms. The molecule has 0 unspecified atom stereocenters. The largest absolute Gasteiger partial charge is 0.382 e. The van der Waals surface area contributed by atoms with Gasteiger partial charge in [-0.05, 0) is 95.0 Å². The van der Waals surface area contributed by atoms with Gasteiger partial charge in [-0.2, -0.15) is 5.10 Å². The Balaban J connectivity index is 1.34. The van der Waals surface area contributed by atoms with E-state index in [0.29, 0.717) is 55.9 Å². The average Bonchev–Trinajstić information content (AvgIpc) is 4.07. The van der Waals surface area contributed by atoms with Crippen LogP contribution >= 0.6 is 0 Å². The number of halogens is 1. The number of ketones is 1. The lowest BCUT2D eigenvalue weighted by Crippen LogP contribution is -2.58. The summed E-state index contributed by atoms with van der Waals surface area (Å²) >= 11 is 0. The third-order valence-electron chi connectivity index (χ3n) is 11.0. The van der Waals surface area contributed by atoms with Crippen LogP contribution < -0.4 is 10.6 Å². The highest BCUT2D eigenvalue weighted by molar-refractivity contribution is 6.00. The molecule has 5 atom stereocenters. The van der Waals surface area contributed by atoms with Crippen molar-refractivity contribution in [2.75, 3.05) is 52.3 Å². The minimum atomic E-state index is -0.980. The molecular formula is C38H55FN6O6. The molecule has 12 nitrogen and oxygen atoms in total. The topological polar surface area (TPSA) is 135 Å². The highest BCUT2D eigenvalue weighted by Gasteiger charge is 2.48. The van der Waals surface area contributed by atoms with Gasteiger partial charge in [0.25, 0.3) is 0 Å². The second-order valence-electron chi connectivity index (χ2n) is 14.6. The summed E-state index contributed by atoms with van der Waals surface area (Å²) in [4.78, 5) is 58.6. The van der Waals surface area contributed by atoms with Crippen molar-refractivity contribution >= 4 is 29.2 Å². The minimum Gasteiger partial charge on any atom is -0.382 e. The number of benzene rings is 1. The highest BCUT2D eigenvalue weighted by atomic mass is 19.1. The predicted octanol–water partition coefficient (Wildman–Crippen LogP) is 4.11. The standard InChI is InChI=1S/C38H55FN6O6/c1-7-45-32(14-15-40-45)33(46)21-29(34(26-8-9-26)27-10-11-27)37(48)41-31-13-12-28(20-30(31)39)24(3)35(42-36(47)25(4)51-19-18-50-6)38(49)44-17-16-43(5)23(2)22-44/h12-15,20,23-27,29,34-35H,7-11,16-19,21-22H2,1-6H3,(H,41,48)(H,42,47)/t23-,24+,25-,29+,35-/m1/s1. The first kappa shape index (κ1) is 38.5. The van der Waals surface area contributed by atoms with Gasteiger partial charge in [-0.25, -0.2) is 4.39 Å². The van der Waals surface area contributed by atoms with Gasteiger partial charge in [-0.1, -0.05) is 13.0 Å². The molecule has 1 aromatic heterocycles. The molecule has 2 N–H and O–H groups in total. The normalized spacial score (nSPS) is 20.5. The van der Waals surface area contributed by atoms with Crippen LogP contribution in [0.1, 0.15) is 81.8 Å². The number of aryl methyl sites for hydroxylation is 1. The van der Waals surface area contributed by atoms with Crippen LogP contribution in [0, 0.1) is 29.5 Å². The van der Waals surface area contributed by atoms with E-state index in [2.05, 4.69) is 20.6 Å². The van der Waals surface area contributed by atoms with Crippen molar-refractivity contribution in [1.29, 1.82) is 0 Å². The van der Waals surface area contributed by atoms with E-state index in [1.165, 1.54) is 12.1 Å². The summed E-state index contributed by atoms with van der Waals surface area (Å²) in [7, 11) is 3.55. The third-order valence-corrected chi connectivity index (χ3v) is 11.0. The number of ether oxygens (including phenoxy) is 2. The molecule has 1 saturated heterocycles. The van der Waals surface area contributed by atoms with E-state index < -0.39 is 35.7 Å². The number of nitrogens with zero attached hydrogens (tertiary/aromatic N) is 4. The van der Waals surface area contributed by atoms with Crippen LogP contribution in [0.5, 0.6) is 0 Å². The lowest BCUT2D eigenvalue weighted by Gasteiger charge is -2.40. The third kappa shape index (κ3) is 9.61. The number of Topliss-reactive ketones (excluding diaryl/α,β-unsaturated/α-hetero) is 1. The molecule has 1 aliphatic heterocycles. The van der Waals surface area contributed by atoms with E-state index in [1.54, 1.807) is 48.9 Å². The van der Waals surface area contributed by atoms with Crippen molar-refractivity contribution in [2.24, 2.45) is 23.7 Å². The Morgan fingerprint density at radius 1 is 1.02 bits per heavy atom. The van der Waals surface area contributed by atoms with Crippen molar-refractivity contribution in [1.82, 2.24) is 24.9 Å². The van der Waals surface area contributed by atoms with Gasteiger partial charge in [0.2, 0.25) is 17.7 Å². The maximum absolute atomic E-state index is 15.9. The number of anilines is 1. The van der Waals surface area contributed by atoms with Gasteiger partial charge in [-0.3, -0.25) is 23.9 Å². The van der Waals surface area contributed by atoms with Crippen molar-refractivity contribution in [3.05, 3.63) is 47.5 Å². The van der Waals surface area contributed by atoms with E-state index in [1.807, 2.05) is 20.9 Å². The fourth-order valence-corrected chi connectivity index (χ4v) is 7.37. The van der Waals surface area contributed by atoms with Crippen LogP contribution in [0.15, 0.2) is 30.5 Å². The molecule has 2 heterocycles. The fraction of sp³-hybridized carbons (Fsp3) is 0.658. The van der Waals surface area contributed by atoms with Crippen LogP contribution in [-0.2, 0) is 30.4 Å². The molecule has 13 heteroatoms. The number of likely N-dealkylation sites (N-methyl/N-ethyl adjacent to an activating group) is 1. The quantitative estimate of drug-likeness (QED) is 0.175. The van der Waals surface area contributed by atoms with E-state index in [-0.39, 0.29) is 48.3 Å². The summed E-state index contributed by atoms with van der Waals surface area (Å²) in [5, 5.41) is 9.94. The van der Waals surface area contributed by atoms with Crippen molar-refractivity contribution < 1.29 is 33.0 Å². The lowest BCUT2D eigenvalue weighted by atomic mass is 9.80. The van der Waals surface area contributed by atoms with Gasteiger partial charge < -0.3 is 29.9 Å². The number of rotatable bonds is 18. The molecule has 2 saturated carbocycles. The van der Waals surface area contributed by atoms with Gasteiger partial charge in [0, 0.05) is 63.8 Å². The van der Waals surface area contributed by atoms with Crippen LogP contribution in [-0.4, -0.2) is 108 Å². The van der Waals surface area contributed by atoms with Gasteiger partial charge >= 0.3 is 0 Å². The van der Waals surface area contributed by atoms with E-state index >= 15 is 4.39 Å². The highest BCUT2D eigenvalue weighted by Crippen LogP contribution is 2.53. The number of aromatic nitrogens is 2. The first-order valence-electron chi connectivity index (χ1n) is 18.5. The molecule has 2 aliphatic carbocycles. The van der Waals surface area contributed by atoms with Crippen molar-refractivity contribution in [2.45, 2.75) is 90.4 Å². The summed E-state index contributed by atoms with van der Waals surface area (Å²) < 4.78 is 28.2. The van der Waals surface area contributed by atoms with Gasteiger partial charge in [0.15, 0.2) is 5.78 Å². The molecule has 0 radical (unpaired) electrons. The molecule has 0 spiro atoms. The van der Waals surface area contributed by atoms with E-state index in [0.717, 1.165) is 25.7 Å². The number of piperazine rings is 1. The average molecular weight is 711 g/mol. The Morgan fingerprint density at radius 2 is 1.73 bits per heavy atom. The van der Waals surface area contributed by atoms with E-state index in [4.69, 9.17) is 9.47 Å². The molecular weight excluding hydrogens is 655 g/mol. The maximum Gasteiger partial charge on any atom is 0.249 e. The molecule has 1 aromatic carbocycles. The molecule has 280 valence electrons. The summed E-state index contributed by atoms with van der Waals surface area (Å²) in [6, 6.07) is 5.34. The van der Waals surface area contributed by atoms with Crippen LogP contribution in [0.4, 0.5) is 10.1 Å². The summed E-state index contributed by atoms with van der Waals surface area (Å²) in [6.07, 6.45) is 4.94. The van der Waals surface area contributed by atoms with Crippen LogP contribution in [0.2, 0.25) is 0 Å². The maximum atomic E-state index is 15.9. The Morgan fingerprint density at radius 3 is 2.33 bits per heavy atom. The fourth-order valence-electron chi connectivity index (χ4n) is 7.37. The number of carbonyl (C=O) groups is 4. The molecule has 2 aromatic rings. The second kappa shape index (κ2) is 17.2. The molecule has 3 fully saturated rings. The number of amides is 3. The Labute approximate surface area is 300 Å². The van der Waals surface area contributed by atoms with E-state index in [9.17, 15) is 19.2 Å². The van der Waals surface area contributed by atoms with Crippen molar-refractivity contribution in [3.63, 3.8) is 0 Å². The smallest absolute Gasteiger partial charge is 0.249 e. The first-order valence-corrected chi connectivity index (χ1v) is 18.5. The molecule has 0 bridgehead atoms. The van der Waals surface area contributed by atoms with Crippen molar-refractivity contribution in [3.8, 4) is 0 Å². The number of carbonyl (C=O) groups excluding carboxylic acids is 4. The summed E-state index contributed by atoms with van der Waals surface area (Å²) in [5.41, 5.74) is 0.980.